The zero-order valence-corrected chi connectivity index (χ0v) is 17.9. The van der Waals surface area contributed by atoms with Gasteiger partial charge >= 0.3 is 0 Å². The van der Waals surface area contributed by atoms with Gasteiger partial charge in [-0.15, -0.1) is 11.6 Å². The average molecular weight is 462 g/mol. The number of ether oxygens (including phenoxy) is 1. The van der Waals surface area contributed by atoms with E-state index in [1.165, 1.54) is 11.7 Å². The third-order valence-electron chi connectivity index (χ3n) is 4.51. The molecule has 1 aromatic carbocycles. The normalized spacial score (nSPS) is 12.2. The second-order valence-corrected chi connectivity index (χ2v) is 7.29. The maximum atomic E-state index is 15.0. The van der Waals surface area contributed by atoms with Crippen LogP contribution in [0.2, 0.25) is 0 Å². The molecule has 5 nitrogen and oxygen atoms in total. The smallest absolute Gasteiger partial charge is 0.246 e. The van der Waals surface area contributed by atoms with Gasteiger partial charge in [0.25, 0.3) is 0 Å². The first-order valence-corrected chi connectivity index (χ1v) is 10.1. The van der Waals surface area contributed by atoms with Crippen molar-refractivity contribution >= 4 is 50.2 Å². The quantitative estimate of drug-likeness (QED) is 0.572. The Labute approximate surface area is 171 Å². The summed E-state index contributed by atoms with van der Waals surface area (Å²) in [5.74, 6) is -1.05. The van der Waals surface area contributed by atoms with E-state index >= 15 is 4.39 Å². The van der Waals surface area contributed by atoms with Crippen LogP contribution in [-0.4, -0.2) is 35.9 Å². The first-order chi connectivity index (χ1) is 12.9. The highest BCUT2D eigenvalue weighted by molar-refractivity contribution is 9.10. The summed E-state index contributed by atoms with van der Waals surface area (Å²) in [6.07, 6.45) is 3.67. The molecule has 0 aliphatic carbocycles. The van der Waals surface area contributed by atoms with E-state index < -0.39 is 11.7 Å². The van der Waals surface area contributed by atoms with Crippen molar-refractivity contribution in [2.24, 2.45) is 0 Å². The maximum absolute atomic E-state index is 15.0. The van der Waals surface area contributed by atoms with Crippen molar-refractivity contribution in [3.05, 3.63) is 28.1 Å². The molecular formula is C19H23BrClFN2O3. The number of nitrogens with one attached hydrogen (secondary N) is 1. The van der Waals surface area contributed by atoms with E-state index in [9.17, 15) is 9.59 Å². The van der Waals surface area contributed by atoms with Gasteiger partial charge in [-0.1, -0.05) is 20.3 Å². The molecule has 1 heterocycles. The lowest BCUT2D eigenvalue weighted by atomic mass is 9.93. The predicted molar refractivity (Wildman–Crippen MR) is 108 cm³/mol. The van der Waals surface area contributed by atoms with E-state index in [2.05, 4.69) is 21.2 Å². The molecule has 1 atom stereocenters. The fourth-order valence-corrected chi connectivity index (χ4v) is 3.73. The molecule has 8 heteroatoms. The Morgan fingerprint density at radius 2 is 2.11 bits per heavy atom. The number of carbonyl (C=O) groups is 2. The standard InChI is InChI=1S/C19H23BrClFN2O3/c1-4-6-11(9-23-15(25)5-2)13-10-24(16(26)8-21)19-12(13)7-14(27-3)17(20)18(19)22/h7,10-11H,4-6,8-9H2,1-3H3,(H,23,25). The summed E-state index contributed by atoms with van der Waals surface area (Å²) in [6.45, 7) is 4.23. The van der Waals surface area contributed by atoms with Gasteiger partial charge in [0.05, 0.1) is 17.1 Å². The molecule has 2 rings (SSSR count). The zero-order chi connectivity index (χ0) is 20.1. The molecular weight excluding hydrogens is 439 g/mol. The van der Waals surface area contributed by atoms with Crippen molar-refractivity contribution in [2.45, 2.75) is 39.0 Å². The first-order valence-electron chi connectivity index (χ1n) is 8.82. The molecule has 0 aliphatic heterocycles. The van der Waals surface area contributed by atoms with Crippen LogP contribution >= 0.6 is 27.5 Å². The number of methoxy groups -OCH3 is 1. The second-order valence-electron chi connectivity index (χ2n) is 6.23. The second kappa shape index (κ2) is 9.55. The lowest BCUT2D eigenvalue weighted by molar-refractivity contribution is -0.120. The fraction of sp³-hybridized carbons (Fsp3) is 0.474. The third-order valence-corrected chi connectivity index (χ3v) is 5.48. The Hall–Kier alpha value is -1.60. The van der Waals surface area contributed by atoms with Gasteiger partial charge in [0, 0.05) is 30.5 Å². The van der Waals surface area contributed by atoms with E-state index in [0.717, 1.165) is 18.4 Å². The average Bonchev–Trinajstić information content (AvgIpc) is 3.06. The Bertz CT molecular complexity index is 853. The highest BCUT2D eigenvalue weighted by Crippen LogP contribution is 2.39. The fourth-order valence-electron chi connectivity index (χ4n) is 3.13. The Morgan fingerprint density at radius 1 is 1.41 bits per heavy atom. The van der Waals surface area contributed by atoms with Crippen LogP contribution in [0.1, 0.15) is 49.4 Å². The topological polar surface area (TPSA) is 60.3 Å². The van der Waals surface area contributed by atoms with Crippen molar-refractivity contribution in [3.63, 3.8) is 0 Å². The van der Waals surface area contributed by atoms with Gasteiger partial charge in [0.1, 0.15) is 11.6 Å². The van der Waals surface area contributed by atoms with Crippen molar-refractivity contribution < 1.29 is 18.7 Å². The SMILES string of the molecule is CCCC(CNC(=O)CC)c1cn(C(=O)CCl)c2c(F)c(Br)c(OC)cc12. The molecule has 0 saturated carbocycles. The van der Waals surface area contributed by atoms with Crippen LogP contribution < -0.4 is 10.1 Å². The molecule has 27 heavy (non-hydrogen) atoms. The molecule has 148 valence electrons. The monoisotopic (exact) mass is 460 g/mol. The van der Waals surface area contributed by atoms with Gasteiger partial charge in [-0.2, -0.15) is 0 Å². The summed E-state index contributed by atoms with van der Waals surface area (Å²) in [7, 11) is 1.46. The Kier molecular flexibility index (Phi) is 7.68. The number of carbonyl (C=O) groups excluding carboxylic acids is 2. The van der Waals surface area contributed by atoms with Crippen molar-refractivity contribution in [1.82, 2.24) is 9.88 Å². The van der Waals surface area contributed by atoms with E-state index in [1.807, 2.05) is 6.92 Å². The van der Waals surface area contributed by atoms with Gasteiger partial charge in [-0.25, -0.2) is 4.39 Å². The minimum absolute atomic E-state index is 0.0526. The van der Waals surface area contributed by atoms with Gasteiger partial charge in [0.2, 0.25) is 11.8 Å². The van der Waals surface area contributed by atoms with Gasteiger partial charge < -0.3 is 10.1 Å². The molecule has 0 radical (unpaired) electrons. The lowest BCUT2D eigenvalue weighted by Crippen LogP contribution is -2.27. The predicted octanol–water partition coefficient (Wildman–Crippen LogP) is 4.84. The molecule has 1 amide bonds. The number of aromatic nitrogens is 1. The highest BCUT2D eigenvalue weighted by Gasteiger charge is 2.25. The van der Waals surface area contributed by atoms with Crippen molar-refractivity contribution in [3.8, 4) is 5.75 Å². The zero-order valence-electron chi connectivity index (χ0n) is 15.6. The molecule has 1 unspecified atom stereocenters. The molecule has 0 spiro atoms. The third kappa shape index (κ3) is 4.46. The molecule has 2 aromatic rings. The molecule has 0 saturated heterocycles. The first kappa shape index (κ1) is 21.7. The Morgan fingerprint density at radius 3 is 2.67 bits per heavy atom. The molecule has 0 bridgehead atoms. The van der Waals surface area contributed by atoms with E-state index in [1.54, 1.807) is 19.2 Å². The van der Waals surface area contributed by atoms with Crippen molar-refractivity contribution in [1.29, 1.82) is 0 Å². The van der Waals surface area contributed by atoms with E-state index in [4.69, 9.17) is 16.3 Å². The van der Waals surface area contributed by atoms with Crippen LogP contribution in [-0.2, 0) is 4.79 Å². The largest absolute Gasteiger partial charge is 0.495 e. The van der Waals surface area contributed by atoms with E-state index in [-0.39, 0.29) is 27.7 Å². The number of alkyl halides is 1. The number of fused-ring (bicyclic) bond motifs is 1. The van der Waals surface area contributed by atoms with E-state index in [0.29, 0.717) is 24.1 Å². The van der Waals surface area contributed by atoms with Crippen LogP contribution in [0, 0.1) is 5.82 Å². The number of benzene rings is 1. The number of hydrogen-bond acceptors (Lipinski definition) is 3. The number of halogens is 3. The number of nitrogens with zero attached hydrogens (tertiary/aromatic N) is 1. The molecule has 1 N–H and O–H groups in total. The Balaban J connectivity index is 2.67. The summed E-state index contributed by atoms with van der Waals surface area (Å²) < 4.78 is 21.7. The minimum Gasteiger partial charge on any atom is -0.495 e. The van der Waals surface area contributed by atoms with Crippen LogP contribution in [0.3, 0.4) is 0 Å². The van der Waals surface area contributed by atoms with Crippen LogP contribution in [0.15, 0.2) is 16.7 Å². The van der Waals surface area contributed by atoms with Gasteiger partial charge in [-0.05, 0) is 34.0 Å². The maximum Gasteiger partial charge on any atom is 0.246 e. The summed E-state index contributed by atoms with van der Waals surface area (Å²) in [5.41, 5.74) is 0.942. The molecule has 0 fully saturated rings. The number of hydrogen-bond donors (Lipinski definition) is 1. The molecule has 1 aromatic heterocycles. The number of amides is 1. The number of rotatable bonds is 8. The van der Waals surface area contributed by atoms with Crippen LogP contribution in [0.4, 0.5) is 4.39 Å². The summed E-state index contributed by atoms with van der Waals surface area (Å²) in [6, 6.07) is 1.71. The summed E-state index contributed by atoms with van der Waals surface area (Å²) in [5, 5.41) is 3.47. The minimum atomic E-state index is -0.582. The molecule has 0 aliphatic rings. The van der Waals surface area contributed by atoms with Gasteiger partial charge in [0.15, 0.2) is 5.82 Å². The van der Waals surface area contributed by atoms with Crippen LogP contribution in [0.5, 0.6) is 5.75 Å². The summed E-state index contributed by atoms with van der Waals surface area (Å²) >= 11 is 8.91. The highest BCUT2D eigenvalue weighted by atomic mass is 79.9. The van der Waals surface area contributed by atoms with Crippen LogP contribution in [0.25, 0.3) is 10.9 Å². The summed E-state index contributed by atoms with van der Waals surface area (Å²) in [4.78, 5) is 24.0. The van der Waals surface area contributed by atoms with Crippen molar-refractivity contribution in [2.75, 3.05) is 19.5 Å². The lowest BCUT2D eigenvalue weighted by Gasteiger charge is -2.17. The van der Waals surface area contributed by atoms with Gasteiger partial charge in [-0.3, -0.25) is 14.2 Å².